The molecule has 0 bridgehead atoms. The third kappa shape index (κ3) is 9.45. The first-order valence-corrected chi connectivity index (χ1v) is 14.4. The normalized spacial score (nSPS) is 12.6. The molecule has 2 aromatic rings. The van der Waals surface area contributed by atoms with Crippen molar-refractivity contribution in [2.24, 2.45) is 0 Å². The van der Waals surface area contributed by atoms with Gasteiger partial charge < -0.3 is 15.0 Å². The van der Waals surface area contributed by atoms with Gasteiger partial charge in [0.25, 0.3) is 0 Å². The van der Waals surface area contributed by atoms with Crippen LogP contribution < -0.4 is 14.4 Å². The number of methoxy groups -OCH3 is 1. The minimum absolute atomic E-state index is 0.0268. The minimum atomic E-state index is -4.64. The van der Waals surface area contributed by atoms with Crippen LogP contribution in [0, 0.1) is 0 Å². The number of nitrogens with one attached hydrogen (secondary N) is 1. The molecule has 0 aromatic heterocycles. The third-order valence-electron chi connectivity index (χ3n) is 5.92. The van der Waals surface area contributed by atoms with Crippen molar-refractivity contribution < 1.29 is 35.9 Å². The number of alkyl halides is 3. The van der Waals surface area contributed by atoms with E-state index in [0.29, 0.717) is 12.2 Å². The number of ether oxygens (including phenoxy) is 1. The summed E-state index contributed by atoms with van der Waals surface area (Å²) < 4.78 is 70.6. The molecule has 12 heteroatoms. The Morgan fingerprint density at radius 2 is 1.74 bits per heavy atom. The zero-order valence-corrected chi connectivity index (χ0v) is 23.6. The predicted molar refractivity (Wildman–Crippen MR) is 144 cm³/mol. The molecule has 0 aliphatic rings. The van der Waals surface area contributed by atoms with Crippen LogP contribution in [0.3, 0.4) is 0 Å². The second-order valence-corrected chi connectivity index (χ2v) is 11.4. The van der Waals surface area contributed by atoms with Crippen molar-refractivity contribution in [3.63, 3.8) is 0 Å². The molecule has 216 valence electrons. The first kappa shape index (κ1) is 31.9. The number of hydrogen-bond donors (Lipinski definition) is 1. The fourth-order valence-corrected chi connectivity index (χ4v) is 5.07. The number of carbonyl (C=O) groups is 2. The van der Waals surface area contributed by atoms with Crippen LogP contribution >= 0.6 is 0 Å². The highest BCUT2D eigenvalue weighted by Gasteiger charge is 2.32. The maximum absolute atomic E-state index is 13.4. The highest BCUT2D eigenvalue weighted by atomic mass is 32.2. The summed E-state index contributed by atoms with van der Waals surface area (Å²) in [6.45, 7) is 5.31. The van der Waals surface area contributed by atoms with Gasteiger partial charge in [0.15, 0.2) is 0 Å². The molecule has 0 fully saturated rings. The lowest BCUT2D eigenvalue weighted by atomic mass is 10.1. The van der Waals surface area contributed by atoms with E-state index in [1.807, 2.05) is 13.8 Å². The van der Waals surface area contributed by atoms with Gasteiger partial charge in [-0.1, -0.05) is 25.1 Å². The zero-order valence-electron chi connectivity index (χ0n) is 22.8. The van der Waals surface area contributed by atoms with Crippen molar-refractivity contribution in [1.82, 2.24) is 10.2 Å². The molecular weight excluding hydrogens is 535 g/mol. The summed E-state index contributed by atoms with van der Waals surface area (Å²) in [5, 5.41) is 2.83. The smallest absolute Gasteiger partial charge is 0.416 e. The van der Waals surface area contributed by atoms with Crippen LogP contribution in [0.1, 0.15) is 51.2 Å². The maximum Gasteiger partial charge on any atom is 0.416 e. The standard InChI is InChI=1S/C27H36F3N3O5S/c1-6-24(26(35)31-19(2)3)32(18-20-10-7-13-23(16-20)38-4)25(34)14-9-15-33(39(5,36)37)22-12-8-11-21(17-22)27(28,29)30/h7-8,10-13,16-17,19,24H,6,9,14-15,18H2,1-5H3,(H,31,35)/t24-/m1/s1. The number of carbonyl (C=O) groups excluding carboxylic acids is 2. The Labute approximate surface area is 228 Å². The van der Waals surface area contributed by atoms with Crippen LogP contribution in [0.4, 0.5) is 18.9 Å². The summed E-state index contributed by atoms with van der Waals surface area (Å²) in [7, 11) is -2.42. The predicted octanol–water partition coefficient (Wildman–Crippen LogP) is 4.59. The number of sulfonamides is 1. The lowest BCUT2D eigenvalue weighted by Crippen LogP contribution is -2.50. The summed E-state index contributed by atoms with van der Waals surface area (Å²) in [5.74, 6) is -0.115. The van der Waals surface area contributed by atoms with Gasteiger partial charge in [0.1, 0.15) is 11.8 Å². The van der Waals surface area contributed by atoms with Crippen molar-refractivity contribution in [3.8, 4) is 5.75 Å². The van der Waals surface area contributed by atoms with E-state index in [1.165, 1.54) is 18.1 Å². The Morgan fingerprint density at radius 3 is 2.31 bits per heavy atom. The number of benzene rings is 2. The number of rotatable bonds is 13. The Morgan fingerprint density at radius 1 is 1.08 bits per heavy atom. The summed E-state index contributed by atoms with van der Waals surface area (Å²) in [4.78, 5) is 27.8. The van der Waals surface area contributed by atoms with Gasteiger partial charge in [-0.2, -0.15) is 13.2 Å². The molecule has 8 nitrogen and oxygen atoms in total. The molecule has 0 heterocycles. The number of amides is 2. The van der Waals surface area contributed by atoms with Crippen LogP contribution in [-0.4, -0.2) is 57.1 Å². The third-order valence-corrected chi connectivity index (χ3v) is 7.11. The molecule has 2 rings (SSSR count). The molecule has 0 radical (unpaired) electrons. The van der Waals surface area contributed by atoms with Gasteiger partial charge in [-0.3, -0.25) is 13.9 Å². The lowest BCUT2D eigenvalue weighted by Gasteiger charge is -2.31. The molecule has 0 spiro atoms. The van der Waals surface area contributed by atoms with E-state index in [0.717, 1.165) is 34.3 Å². The van der Waals surface area contributed by atoms with E-state index in [1.54, 1.807) is 31.2 Å². The zero-order chi connectivity index (χ0) is 29.4. The number of hydrogen-bond acceptors (Lipinski definition) is 5. The first-order valence-electron chi connectivity index (χ1n) is 12.5. The topological polar surface area (TPSA) is 96.0 Å². The second kappa shape index (κ2) is 13.7. The Kier molecular flexibility index (Phi) is 11.2. The molecule has 0 saturated heterocycles. The van der Waals surface area contributed by atoms with Gasteiger partial charge in [0.2, 0.25) is 21.8 Å². The van der Waals surface area contributed by atoms with E-state index in [2.05, 4.69) is 5.32 Å². The van der Waals surface area contributed by atoms with Crippen LogP contribution in [0.2, 0.25) is 0 Å². The average Bonchev–Trinajstić information content (AvgIpc) is 2.84. The molecule has 0 aliphatic carbocycles. The van der Waals surface area contributed by atoms with E-state index < -0.39 is 27.8 Å². The summed E-state index contributed by atoms with van der Waals surface area (Å²) in [5.41, 5.74) is -0.382. The van der Waals surface area contributed by atoms with Crippen molar-refractivity contribution in [3.05, 3.63) is 59.7 Å². The fourth-order valence-electron chi connectivity index (χ4n) is 4.11. The molecule has 0 unspecified atom stereocenters. The number of anilines is 1. The molecular formula is C27H36F3N3O5S. The highest BCUT2D eigenvalue weighted by Crippen LogP contribution is 2.32. The van der Waals surface area contributed by atoms with E-state index in [4.69, 9.17) is 4.74 Å². The van der Waals surface area contributed by atoms with E-state index in [-0.39, 0.29) is 49.5 Å². The van der Waals surface area contributed by atoms with Gasteiger partial charge in [0.05, 0.1) is 24.6 Å². The fraction of sp³-hybridized carbons (Fsp3) is 0.481. The number of halogens is 3. The van der Waals surface area contributed by atoms with Gasteiger partial charge in [0, 0.05) is 25.6 Å². The Bertz CT molecular complexity index is 1240. The molecule has 0 aliphatic heterocycles. The highest BCUT2D eigenvalue weighted by molar-refractivity contribution is 7.92. The first-order chi connectivity index (χ1) is 18.2. The molecule has 0 saturated carbocycles. The van der Waals surface area contributed by atoms with Crippen molar-refractivity contribution in [1.29, 1.82) is 0 Å². The van der Waals surface area contributed by atoms with Crippen LogP contribution in [0.5, 0.6) is 5.75 Å². The molecule has 39 heavy (non-hydrogen) atoms. The average molecular weight is 572 g/mol. The van der Waals surface area contributed by atoms with E-state index >= 15 is 0 Å². The van der Waals surface area contributed by atoms with E-state index in [9.17, 15) is 31.2 Å². The molecule has 2 aromatic carbocycles. The molecule has 1 atom stereocenters. The van der Waals surface area contributed by atoms with Crippen molar-refractivity contribution in [2.75, 3.05) is 24.2 Å². The van der Waals surface area contributed by atoms with Gasteiger partial charge in [-0.05, 0) is 62.6 Å². The molecule has 2 amide bonds. The summed E-state index contributed by atoms with van der Waals surface area (Å²) >= 11 is 0. The van der Waals surface area contributed by atoms with Gasteiger partial charge >= 0.3 is 6.18 Å². The Balaban J connectivity index is 2.28. The minimum Gasteiger partial charge on any atom is -0.497 e. The van der Waals surface area contributed by atoms with Crippen LogP contribution in [0.15, 0.2) is 48.5 Å². The monoisotopic (exact) mass is 571 g/mol. The van der Waals surface area contributed by atoms with Crippen LogP contribution in [0.25, 0.3) is 0 Å². The largest absolute Gasteiger partial charge is 0.497 e. The summed E-state index contributed by atoms with van der Waals surface area (Å²) in [6, 6.07) is 10.2. The lowest BCUT2D eigenvalue weighted by molar-refractivity contribution is -0.141. The SMILES string of the molecule is CC[C@H](C(=O)NC(C)C)N(Cc1cccc(OC)c1)C(=O)CCCN(c1cccc(C(F)(F)F)c1)S(C)(=O)=O. The number of nitrogens with zero attached hydrogens (tertiary/aromatic N) is 2. The molecule has 1 N–H and O–H groups in total. The Hall–Kier alpha value is -3.28. The van der Waals surface area contributed by atoms with Gasteiger partial charge in [-0.15, -0.1) is 0 Å². The van der Waals surface area contributed by atoms with Crippen molar-refractivity contribution >= 4 is 27.5 Å². The summed E-state index contributed by atoms with van der Waals surface area (Å²) in [6.07, 6.45) is -3.50. The van der Waals surface area contributed by atoms with Gasteiger partial charge in [-0.25, -0.2) is 8.42 Å². The second-order valence-electron chi connectivity index (χ2n) is 9.45. The quantitative estimate of drug-likeness (QED) is 0.380. The van der Waals surface area contributed by atoms with Crippen LogP contribution in [-0.2, 0) is 32.3 Å². The van der Waals surface area contributed by atoms with Crippen molar-refractivity contribution in [2.45, 2.75) is 64.8 Å². The maximum atomic E-state index is 13.4.